The van der Waals surface area contributed by atoms with E-state index < -0.39 is 12.1 Å². The third-order valence-corrected chi connectivity index (χ3v) is 2.01. The predicted octanol–water partition coefficient (Wildman–Crippen LogP) is -1.41. The predicted molar refractivity (Wildman–Crippen MR) is 57.9 cm³/mol. The molecule has 16 heavy (non-hydrogen) atoms. The number of nitrogens with zero attached hydrogens (tertiary/aromatic N) is 1. The van der Waals surface area contributed by atoms with E-state index in [1.807, 2.05) is 0 Å². The summed E-state index contributed by atoms with van der Waals surface area (Å²) < 4.78 is 4.70. The second-order valence-corrected chi connectivity index (χ2v) is 3.41. The topological polar surface area (TPSA) is 90.2 Å². The molecule has 0 aromatic rings. The van der Waals surface area contributed by atoms with Crippen LogP contribution in [-0.4, -0.2) is 71.7 Å². The number of hydrogen-bond acceptors (Lipinski definition) is 6. The van der Waals surface area contributed by atoms with Crippen LogP contribution in [-0.2, 0) is 9.53 Å². The second kappa shape index (κ2) is 9.53. The van der Waals surface area contributed by atoms with Gasteiger partial charge in [0, 0.05) is 19.6 Å². The molecule has 0 saturated carbocycles. The summed E-state index contributed by atoms with van der Waals surface area (Å²) in [5.74, 6) is -0.442. The van der Waals surface area contributed by atoms with Gasteiger partial charge >= 0.3 is 5.97 Å². The molecule has 0 radical (unpaired) electrons. The van der Waals surface area contributed by atoms with Crippen molar-refractivity contribution in [1.29, 1.82) is 0 Å². The van der Waals surface area contributed by atoms with Crippen molar-refractivity contribution < 1.29 is 24.9 Å². The lowest BCUT2D eigenvalue weighted by Crippen LogP contribution is -2.37. The minimum Gasteiger partial charge on any atom is -0.466 e. The van der Waals surface area contributed by atoms with E-state index >= 15 is 0 Å². The molecule has 1 atom stereocenters. The highest BCUT2D eigenvalue weighted by atomic mass is 16.5. The summed E-state index contributed by atoms with van der Waals surface area (Å²) in [4.78, 5) is 12.7. The lowest BCUT2D eigenvalue weighted by Gasteiger charge is -2.22. The van der Waals surface area contributed by atoms with E-state index in [0.717, 1.165) is 0 Å². The van der Waals surface area contributed by atoms with Crippen molar-refractivity contribution >= 4 is 5.97 Å². The Hall–Kier alpha value is -0.690. The van der Waals surface area contributed by atoms with Crippen molar-refractivity contribution in [2.45, 2.75) is 19.4 Å². The molecule has 0 rings (SSSR count). The third kappa shape index (κ3) is 7.58. The van der Waals surface area contributed by atoms with Crippen LogP contribution in [0.2, 0.25) is 0 Å². The van der Waals surface area contributed by atoms with Gasteiger partial charge in [-0.1, -0.05) is 0 Å². The molecule has 0 aromatic heterocycles. The van der Waals surface area contributed by atoms with Gasteiger partial charge in [0.25, 0.3) is 0 Å². The zero-order valence-electron chi connectivity index (χ0n) is 9.63. The summed E-state index contributed by atoms with van der Waals surface area (Å²) in [5, 5.41) is 27.1. The second-order valence-electron chi connectivity index (χ2n) is 3.41. The average Bonchev–Trinajstić information content (AvgIpc) is 2.18. The maximum atomic E-state index is 11.1. The number of aliphatic hydroxyl groups excluding tert-OH is 3. The normalized spacial score (nSPS) is 12.8. The summed E-state index contributed by atoms with van der Waals surface area (Å²) in [5.41, 5.74) is 0. The van der Waals surface area contributed by atoms with E-state index in [-0.39, 0.29) is 26.2 Å². The van der Waals surface area contributed by atoms with Crippen LogP contribution in [0.15, 0.2) is 0 Å². The molecule has 0 fully saturated rings. The Balaban J connectivity index is 3.88. The lowest BCUT2D eigenvalue weighted by molar-refractivity contribution is -0.145. The molecule has 0 saturated heterocycles. The standard InChI is InChI=1S/C10H21NO5/c1-2-16-10(15)7-9(14)8-11(3-5-12)4-6-13/h9,12-14H,2-8H2,1H3. The van der Waals surface area contributed by atoms with Crippen LogP contribution in [0.3, 0.4) is 0 Å². The Kier molecular flexibility index (Phi) is 9.12. The molecule has 0 heterocycles. The molecule has 0 aromatic carbocycles. The first-order valence-corrected chi connectivity index (χ1v) is 5.41. The van der Waals surface area contributed by atoms with Gasteiger partial charge in [0.2, 0.25) is 0 Å². The van der Waals surface area contributed by atoms with Gasteiger partial charge in [-0.05, 0) is 6.92 Å². The first-order chi connectivity index (χ1) is 7.63. The zero-order chi connectivity index (χ0) is 12.4. The van der Waals surface area contributed by atoms with E-state index in [1.54, 1.807) is 11.8 Å². The van der Waals surface area contributed by atoms with E-state index in [4.69, 9.17) is 14.9 Å². The van der Waals surface area contributed by atoms with Crippen LogP contribution >= 0.6 is 0 Å². The Morgan fingerprint density at radius 1 is 1.31 bits per heavy atom. The molecular formula is C10H21NO5. The Labute approximate surface area is 95.4 Å². The van der Waals surface area contributed by atoms with Gasteiger partial charge in [-0.25, -0.2) is 0 Å². The third-order valence-electron chi connectivity index (χ3n) is 2.01. The quantitative estimate of drug-likeness (QED) is 0.425. The van der Waals surface area contributed by atoms with Crippen LogP contribution in [0.25, 0.3) is 0 Å². The van der Waals surface area contributed by atoms with Crippen LogP contribution in [0.5, 0.6) is 0 Å². The molecular weight excluding hydrogens is 214 g/mol. The van der Waals surface area contributed by atoms with Crippen molar-refractivity contribution in [3.05, 3.63) is 0 Å². The molecule has 0 aliphatic carbocycles. The fourth-order valence-electron chi connectivity index (χ4n) is 1.35. The van der Waals surface area contributed by atoms with Gasteiger partial charge in [0.15, 0.2) is 0 Å². The van der Waals surface area contributed by atoms with Gasteiger partial charge < -0.3 is 20.1 Å². The number of ether oxygens (including phenoxy) is 1. The Morgan fingerprint density at radius 2 is 1.88 bits per heavy atom. The monoisotopic (exact) mass is 235 g/mol. The Bertz CT molecular complexity index is 182. The first kappa shape index (κ1) is 15.3. The number of carbonyl (C=O) groups excluding carboxylic acids is 1. The van der Waals surface area contributed by atoms with Crippen LogP contribution < -0.4 is 0 Å². The molecule has 6 heteroatoms. The maximum Gasteiger partial charge on any atom is 0.308 e. The largest absolute Gasteiger partial charge is 0.466 e. The van der Waals surface area contributed by atoms with Crippen LogP contribution in [0.1, 0.15) is 13.3 Å². The van der Waals surface area contributed by atoms with E-state index in [1.165, 1.54) is 0 Å². The lowest BCUT2D eigenvalue weighted by atomic mass is 10.2. The highest BCUT2D eigenvalue weighted by Gasteiger charge is 2.15. The summed E-state index contributed by atoms with van der Waals surface area (Å²) in [6.07, 6.45) is -0.904. The van der Waals surface area contributed by atoms with Crippen molar-refractivity contribution in [1.82, 2.24) is 4.90 Å². The van der Waals surface area contributed by atoms with E-state index in [9.17, 15) is 9.90 Å². The van der Waals surface area contributed by atoms with Crippen molar-refractivity contribution in [2.24, 2.45) is 0 Å². The molecule has 96 valence electrons. The number of rotatable bonds is 9. The Morgan fingerprint density at radius 3 is 2.31 bits per heavy atom. The van der Waals surface area contributed by atoms with Crippen molar-refractivity contribution in [3.8, 4) is 0 Å². The molecule has 0 amide bonds. The average molecular weight is 235 g/mol. The van der Waals surface area contributed by atoms with Crippen LogP contribution in [0, 0.1) is 0 Å². The summed E-state index contributed by atoms with van der Waals surface area (Å²) in [7, 11) is 0. The van der Waals surface area contributed by atoms with Crippen molar-refractivity contribution in [3.63, 3.8) is 0 Å². The number of aliphatic hydroxyl groups is 3. The molecule has 0 aliphatic heterocycles. The van der Waals surface area contributed by atoms with Crippen LogP contribution in [0.4, 0.5) is 0 Å². The van der Waals surface area contributed by atoms with E-state index in [2.05, 4.69) is 0 Å². The van der Waals surface area contributed by atoms with Gasteiger partial charge in [0.05, 0.1) is 32.3 Å². The molecule has 0 spiro atoms. The van der Waals surface area contributed by atoms with Gasteiger partial charge in [-0.3, -0.25) is 9.69 Å². The fraction of sp³-hybridized carbons (Fsp3) is 0.900. The van der Waals surface area contributed by atoms with Gasteiger partial charge in [-0.15, -0.1) is 0 Å². The SMILES string of the molecule is CCOC(=O)CC(O)CN(CCO)CCO. The zero-order valence-corrected chi connectivity index (χ0v) is 9.63. The van der Waals surface area contributed by atoms with Gasteiger partial charge in [-0.2, -0.15) is 0 Å². The molecule has 1 unspecified atom stereocenters. The highest BCUT2D eigenvalue weighted by molar-refractivity contribution is 5.69. The number of carbonyl (C=O) groups is 1. The highest BCUT2D eigenvalue weighted by Crippen LogP contribution is 1.99. The first-order valence-electron chi connectivity index (χ1n) is 5.41. The van der Waals surface area contributed by atoms with Crippen molar-refractivity contribution in [2.75, 3.05) is 39.5 Å². The van der Waals surface area contributed by atoms with Gasteiger partial charge in [0.1, 0.15) is 0 Å². The number of hydrogen-bond donors (Lipinski definition) is 3. The molecule has 6 nitrogen and oxygen atoms in total. The fourth-order valence-corrected chi connectivity index (χ4v) is 1.35. The summed E-state index contributed by atoms with van der Waals surface area (Å²) in [6, 6.07) is 0. The minimum absolute atomic E-state index is 0.0495. The summed E-state index contributed by atoms with van der Waals surface area (Å²) >= 11 is 0. The van der Waals surface area contributed by atoms with E-state index in [0.29, 0.717) is 19.7 Å². The maximum absolute atomic E-state index is 11.1. The minimum atomic E-state index is -0.836. The number of esters is 1. The molecule has 0 aliphatic rings. The molecule has 0 bridgehead atoms. The molecule has 3 N–H and O–H groups in total. The summed E-state index contributed by atoms with van der Waals surface area (Å²) in [6.45, 7) is 2.86. The smallest absolute Gasteiger partial charge is 0.308 e.